The lowest BCUT2D eigenvalue weighted by molar-refractivity contribution is 0.254. The molecule has 1 fully saturated rings. The minimum atomic E-state index is -0.301. The average Bonchev–Trinajstić information content (AvgIpc) is 3.02. The van der Waals surface area contributed by atoms with Crippen molar-refractivity contribution in [1.29, 1.82) is 0 Å². The smallest absolute Gasteiger partial charge is 0.165 e. The van der Waals surface area contributed by atoms with Crippen LogP contribution in [-0.4, -0.2) is 41.1 Å². The molecule has 23 heavy (non-hydrogen) atoms. The highest BCUT2D eigenvalue weighted by Gasteiger charge is 2.25. The Morgan fingerprint density at radius 3 is 3.00 bits per heavy atom. The number of benzene rings is 1. The van der Waals surface area contributed by atoms with Gasteiger partial charge in [0, 0.05) is 30.9 Å². The molecule has 1 aromatic heterocycles. The number of hydrogen-bond acceptors (Lipinski definition) is 4. The van der Waals surface area contributed by atoms with E-state index < -0.39 is 0 Å². The van der Waals surface area contributed by atoms with Crippen LogP contribution < -0.4 is 4.74 Å². The number of hydrogen-bond donors (Lipinski definition) is 0. The zero-order valence-electron chi connectivity index (χ0n) is 13.4. The Morgan fingerprint density at radius 1 is 1.30 bits per heavy atom. The summed E-state index contributed by atoms with van der Waals surface area (Å²) in [4.78, 5) is 11.3. The molecule has 122 valence electrons. The maximum atomic E-state index is 13.4. The second-order valence-electron chi connectivity index (χ2n) is 5.97. The van der Waals surface area contributed by atoms with Gasteiger partial charge in [0.25, 0.3) is 0 Å². The molecular formula is C18H22FN3O. The van der Waals surface area contributed by atoms with Gasteiger partial charge in [-0.3, -0.25) is 0 Å². The number of ether oxygens (including phenoxy) is 1. The van der Waals surface area contributed by atoms with Gasteiger partial charge in [-0.2, -0.15) is 0 Å². The van der Waals surface area contributed by atoms with Crippen LogP contribution in [0.25, 0.3) is 0 Å². The summed E-state index contributed by atoms with van der Waals surface area (Å²) < 4.78 is 18.9. The largest absolute Gasteiger partial charge is 0.490 e. The first kappa shape index (κ1) is 15.9. The molecule has 1 aromatic carbocycles. The molecule has 4 nitrogen and oxygen atoms in total. The first-order valence-electron chi connectivity index (χ1n) is 8.11. The van der Waals surface area contributed by atoms with Crippen LogP contribution in [0.1, 0.15) is 30.3 Å². The van der Waals surface area contributed by atoms with Gasteiger partial charge in [-0.25, -0.2) is 14.4 Å². The molecule has 1 aliphatic rings. The summed E-state index contributed by atoms with van der Waals surface area (Å²) in [5.41, 5.74) is 1.02. The van der Waals surface area contributed by atoms with Crippen LogP contribution in [0.3, 0.4) is 0 Å². The van der Waals surface area contributed by atoms with E-state index in [2.05, 4.69) is 14.9 Å². The molecule has 0 spiro atoms. The second-order valence-corrected chi connectivity index (χ2v) is 5.97. The van der Waals surface area contributed by atoms with Crippen LogP contribution in [0.2, 0.25) is 0 Å². The van der Waals surface area contributed by atoms with Crippen LogP contribution in [0.4, 0.5) is 4.39 Å². The number of likely N-dealkylation sites (tertiary alicyclic amines) is 1. The Kier molecular flexibility index (Phi) is 5.18. The molecule has 2 aromatic rings. The Hall–Kier alpha value is -2.01. The van der Waals surface area contributed by atoms with E-state index in [9.17, 15) is 4.39 Å². The molecule has 1 aliphatic heterocycles. The molecule has 1 atom stereocenters. The van der Waals surface area contributed by atoms with Crippen molar-refractivity contribution in [3.8, 4) is 5.75 Å². The van der Waals surface area contributed by atoms with E-state index >= 15 is 0 Å². The Morgan fingerprint density at radius 2 is 2.17 bits per heavy atom. The SMILES string of the molecule is Cc1ccnc([C@@H]2CCN(CCCOc3ccccc3F)C2)n1. The van der Waals surface area contributed by atoms with E-state index in [4.69, 9.17) is 4.74 Å². The van der Waals surface area contributed by atoms with E-state index in [1.165, 1.54) is 6.07 Å². The number of rotatable bonds is 6. The summed E-state index contributed by atoms with van der Waals surface area (Å²) in [7, 11) is 0. The fraction of sp³-hybridized carbons (Fsp3) is 0.444. The molecule has 0 N–H and O–H groups in total. The first-order valence-corrected chi connectivity index (χ1v) is 8.11. The summed E-state index contributed by atoms with van der Waals surface area (Å²) in [6.45, 7) is 5.53. The summed E-state index contributed by atoms with van der Waals surface area (Å²) in [6, 6.07) is 8.46. The van der Waals surface area contributed by atoms with Crippen LogP contribution in [0.5, 0.6) is 5.75 Å². The van der Waals surface area contributed by atoms with Gasteiger partial charge >= 0.3 is 0 Å². The van der Waals surface area contributed by atoms with E-state index in [1.54, 1.807) is 18.2 Å². The standard InChI is InChI=1S/C18H22FN3O/c1-14-7-9-20-18(21-14)15-8-11-22(13-15)10-4-12-23-17-6-3-2-5-16(17)19/h2-3,5-7,9,15H,4,8,10-13H2,1H3/t15-/m1/s1. The second kappa shape index (κ2) is 7.51. The van der Waals surface area contributed by atoms with Gasteiger partial charge < -0.3 is 9.64 Å². The minimum Gasteiger partial charge on any atom is -0.490 e. The van der Waals surface area contributed by atoms with Crippen molar-refractivity contribution >= 4 is 0 Å². The fourth-order valence-corrected chi connectivity index (χ4v) is 2.94. The van der Waals surface area contributed by atoms with Gasteiger partial charge in [0.1, 0.15) is 5.82 Å². The summed E-state index contributed by atoms with van der Waals surface area (Å²) in [6.07, 6.45) is 3.82. The molecule has 0 amide bonds. The minimum absolute atomic E-state index is 0.301. The number of nitrogens with zero attached hydrogens (tertiary/aromatic N) is 3. The highest BCUT2D eigenvalue weighted by atomic mass is 19.1. The van der Waals surface area contributed by atoms with E-state index in [0.29, 0.717) is 18.3 Å². The highest BCUT2D eigenvalue weighted by molar-refractivity contribution is 5.23. The molecule has 0 aliphatic carbocycles. The molecule has 5 heteroatoms. The van der Waals surface area contributed by atoms with Crippen LogP contribution >= 0.6 is 0 Å². The number of halogens is 1. The lowest BCUT2D eigenvalue weighted by Gasteiger charge is -2.16. The number of aromatic nitrogens is 2. The molecule has 0 bridgehead atoms. The van der Waals surface area contributed by atoms with Crippen molar-refractivity contribution in [2.24, 2.45) is 0 Å². The maximum absolute atomic E-state index is 13.4. The molecule has 0 saturated carbocycles. The van der Waals surface area contributed by atoms with Crippen molar-refractivity contribution in [3.05, 3.63) is 53.9 Å². The average molecular weight is 315 g/mol. The van der Waals surface area contributed by atoms with Gasteiger partial charge in [-0.15, -0.1) is 0 Å². The lowest BCUT2D eigenvalue weighted by atomic mass is 10.1. The number of aryl methyl sites for hydroxylation is 1. The van der Waals surface area contributed by atoms with Gasteiger partial charge in [0.05, 0.1) is 6.61 Å². The summed E-state index contributed by atoms with van der Waals surface area (Å²) >= 11 is 0. The van der Waals surface area contributed by atoms with E-state index in [1.807, 2.05) is 19.2 Å². The predicted octanol–water partition coefficient (Wildman–Crippen LogP) is 3.18. The Bertz CT molecular complexity index is 650. The van der Waals surface area contributed by atoms with Gasteiger partial charge in [0.15, 0.2) is 11.6 Å². The van der Waals surface area contributed by atoms with Gasteiger partial charge in [0.2, 0.25) is 0 Å². The highest BCUT2D eigenvalue weighted by Crippen LogP contribution is 2.24. The van der Waals surface area contributed by atoms with Crippen molar-refractivity contribution in [2.75, 3.05) is 26.2 Å². The predicted molar refractivity (Wildman–Crippen MR) is 87.1 cm³/mol. The fourth-order valence-electron chi connectivity index (χ4n) is 2.94. The number of para-hydroxylation sites is 1. The summed E-state index contributed by atoms with van der Waals surface area (Å²) in [5, 5.41) is 0. The van der Waals surface area contributed by atoms with Gasteiger partial charge in [-0.1, -0.05) is 12.1 Å². The van der Waals surface area contributed by atoms with E-state index in [0.717, 1.165) is 44.0 Å². The lowest BCUT2D eigenvalue weighted by Crippen LogP contribution is -2.23. The molecule has 2 heterocycles. The zero-order valence-corrected chi connectivity index (χ0v) is 13.4. The Balaban J connectivity index is 1.41. The Labute approximate surface area is 136 Å². The zero-order chi connectivity index (χ0) is 16.1. The van der Waals surface area contributed by atoms with Crippen molar-refractivity contribution in [2.45, 2.75) is 25.7 Å². The maximum Gasteiger partial charge on any atom is 0.165 e. The van der Waals surface area contributed by atoms with Crippen LogP contribution in [0.15, 0.2) is 36.5 Å². The van der Waals surface area contributed by atoms with Crippen molar-refractivity contribution < 1.29 is 9.13 Å². The monoisotopic (exact) mass is 315 g/mol. The molecule has 0 radical (unpaired) electrons. The molecular weight excluding hydrogens is 293 g/mol. The quantitative estimate of drug-likeness (QED) is 0.767. The first-order chi connectivity index (χ1) is 11.2. The topological polar surface area (TPSA) is 38.2 Å². The van der Waals surface area contributed by atoms with Gasteiger partial charge in [-0.05, 0) is 44.5 Å². The molecule has 0 unspecified atom stereocenters. The third-order valence-corrected chi connectivity index (χ3v) is 4.16. The molecule has 3 rings (SSSR count). The van der Waals surface area contributed by atoms with Crippen molar-refractivity contribution in [1.82, 2.24) is 14.9 Å². The third-order valence-electron chi connectivity index (χ3n) is 4.16. The normalized spacial score (nSPS) is 18.3. The van der Waals surface area contributed by atoms with E-state index in [-0.39, 0.29) is 5.82 Å². The third kappa shape index (κ3) is 4.26. The molecule has 1 saturated heterocycles. The van der Waals surface area contributed by atoms with Crippen LogP contribution in [-0.2, 0) is 0 Å². The van der Waals surface area contributed by atoms with Crippen LogP contribution in [0, 0.1) is 12.7 Å². The van der Waals surface area contributed by atoms with Crippen molar-refractivity contribution in [3.63, 3.8) is 0 Å². The summed E-state index contributed by atoms with van der Waals surface area (Å²) in [5.74, 6) is 1.41.